The van der Waals surface area contributed by atoms with Crippen molar-refractivity contribution in [3.05, 3.63) is 29.3 Å². The van der Waals surface area contributed by atoms with Crippen molar-refractivity contribution in [3.63, 3.8) is 0 Å². The molecule has 1 aliphatic heterocycles. The second-order valence-corrected chi connectivity index (χ2v) is 6.92. The zero-order valence-corrected chi connectivity index (χ0v) is 13.9. The number of fused-ring (bicyclic) bond motifs is 1. The lowest BCUT2D eigenvalue weighted by Gasteiger charge is -2.22. The van der Waals surface area contributed by atoms with Crippen molar-refractivity contribution in [1.29, 1.82) is 0 Å². The normalized spacial score (nSPS) is 18.9. The smallest absolute Gasteiger partial charge is 0.220 e. The molecule has 1 saturated heterocycles. The number of nitrogens with one attached hydrogen (secondary N) is 1. The van der Waals surface area contributed by atoms with E-state index in [2.05, 4.69) is 28.2 Å². The molecule has 1 atom stereocenters. The van der Waals surface area contributed by atoms with Crippen molar-refractivity contribution in [2.24, 2.45) is 0 Å². The summed E-state index contributed by atoms with van der Waals surface area (Å²) in [4.78, 5) is 19.1. The molecular formula is C17H23N3OS. The van der Waals surface area contributed by atoms with Crippen molar-refractivity contribution in [3.8, 4) is 0 Å². The van der Waals surface area contributed by atoms with Crippen LogP contribution >= 0.6 is 11.3 Å². The summed E-state index contributed by atoms with van der Waals surface area (Å²) in [5.41, 5.74) is 1.03. The van der Waals surface area contributed by atoms with Gasteiger partial charge in [0.1, 0.15) is 0 Å². The SMILES string of the molecule is CCN1CCCC1CNC(=O)CCc1nc2ccccc2s1. The molecule has 118 valence electrons. The molecule has 0 bridgehead atoms. The van der Waals surface area contributed by atoms with Crippen LogP contribution in [0.2, 0.25) is 0 Å². The van der Waals surface area contributed by atoms with E-state index >= 15 is 0 Å². The van der Waals surface area contributed by atoms with E-state index < -0.39 is 0 Å². The Balaban J connectivity index is 1.46. The fourth-order valence-corrected chi connectivity index (χ4v) is 4.08. The van der Waals surface area contributed by atoms with Gasteiger partial charge in [-0.3, -0.25) is 9.69 Å². The molecule has 1 aromatic carbocycles. The zero-order chi connectivity index (χ0) is 15.4. The van der Waals surface area contributed by atoms with Crippen LogP contribution in [0, 0.1) is 0 Å². The van der Waals surface area contributed by atoms with Crippen LogP contribution in [0.25, 0.3) is 10.2 Å². The molecule has 1 fully saturated rings. The zero-order valence-electron chi connectivity index (χ0n) is 13.0. The average Bonchev–Trinajstić information content (AvgIpc) is 3.16. The fraction of sp³-hybridized carbons (Fsp3) is 0.529. The third-order valence-corrected chi connectivity index (χ3v) is 5.44. The van der Waals surface area contributed by atoms with Crippen LogP contribution in [-0.2, 0) is 11.2 Å². The molecule has 2 aromatic rings. The molecule has 0 radical (unpaired) electrons. The third-order valence-electron chi connectivity index (χ3n) is 4.34. The third kappa shape index (κ3) is 3.65. The highest BCUT2D eigenvalue weighted by atomic mass is 32.1. The van der Waals surface area contributed by atoms with Crippen LogP contribution in [-0.4, -0.2) is 41.5 Å². The number of hydrogen-bond donors (Lipinski definition) is 1. The maximum Gasteiger partial charge on any atom is 0.220 e. The molecule has 5 heteroatoms. The molecule has 0 aliphatic carbocycles. The first-order valence-electron chi connectivity index (χ1n) is 8.11. The molecule has 4 nitrogen and oxygen atoms in total. The number of amides is 1. The van der Waals surface area contributed by atoms with Gasteiger partial charge in [-0.1, -0.05) is 19.1 Å². The maximum atomic E-state index is 12.0. The molecule has 1 amide bonds. The number of para-hydroxylation sites is 1. The molecule has 0 saturated carbocycles. The average molecular weight is 317 g/mol. The van der Waals surface area contributed by atoms with Gasteiger partial charge in [-0.2, -0.15) is 0 Å². The topological polar surface area (TPSA) is 45.2 Å². The van der Waals surface area contributed by atoms with Gasteiger partial charge in [0.15, 0.2) is 0 Å². The fourth-order valence-electron chi connectivity index (χ4n) is 3.11. The standard InChI is InChI=1S/C17H23N3OS/c1-2-20-11-5-6-13(20)12-18-16(21)9-10-17-19-14-7-3-4-8-15(14)22-17/h3-4,7-8,13H,2,5-6,9-12H2,1H3,(H,18,21). The number of aryl methyl sites for hydroxylation is 1. The van der Waals surface area contributed by atoms with E-state index in [1.54, 1.807) is 11.3 Å². The summed E-state index contributed by atoms with van der Waals surface area (Å²) in [5, 5.41) is 4.14. The van der Waals surface area contributed by atoms with Gasteiger partial charge in [-0.05, 0) is 38.1 Å². The summed E-state index contributed by atoms with van der Waals surface area (Å²) in [6.07, 6.45) is 3.71. The van der Waals surface area contributed by atoms with Crippen LogP contribution in [0.1, 0.15) is 31.2 Å². The number of thiazole rings is 1. The number of rotatable bonds is 6. The van der Waals surface area contributed by atoms with Gasteiger partial charge in [-0.25, -0.2) is 4.98 Å². The Kier molecular flexibility index (Phi) is 5.05. The van der Waals surface area contributed by atoms with Gasteiger partial charge in [0.25, 0.3) is 0 Å². The first-order valence-corrected chi connectivity index (χ1v) is 8.93. The molecule has 22 heavy (non-hydrogen) atoms. The highest BCUT2D eigenvalue weighted by Gasteiger charge is 2.23. The Bertz CT molecular complexity index is 607. The minimum atomic E-state index is 0.141. The largest absolute Gasteiger partial charge is 0.355 e. The highest BCUT2D eigenvalue weighted by Crippen LogP contribution is 2.22. The first kappa shape index (κ1) is 15.4. The quantitative estimate of drug-likeness (QED) is 0.891. The molecule has 1 aliphatic rings. The van der Waals surface area contributed by atoms with Crippen LogP contribution < -0.4 is 5.32 Å². The van der Waals surface area contributed by atoms with Crippen molar-refractivity contribution in [2.75, 3.05) is 19.6 Å². The Morgan fingerprint density at radius 2 is 2.32 bits per heavy atom. The van der Waals surface area contributed by atoms with Gasteiger partial charge in [0.2, 0.25) is 5.91 Å². The number of hydrogen-bond acceptors (Lipinski definition) is 4. The number of carbonyl (C=O) groups excluding carboxylic acids is 1. The Morgan fingerprint density at radius 1 is 1.45 bits per heavy atom. The van der Waals surface area contributed by atoms with Gasteiger partial charge in [0.05, 0.1) is 15.2 Å². The maximum absolute atomic E-state index is 12.0. The lowest BCUT2D eigenvalue weighted by Crippen LogP contribution is -2.40. The summed E-state index contributed by atoms with van der Waals surface area (Å²) in [6.45, 7) is 5.22. The Hall–Kier alpha value is -1.46. The summed E-state index contributed by atoms with van der Waals surface area (Å²) in [7, 11) is 0. The summed E-state index contributed by atoms with van der Waals surface area (Å²) >= 11 is 1.69. The van der Waals surface area contributed by atoms with E-state index in [4.69, 9.17) is 0 Å². The van der Waals surface area contributed by atoms with Crippen molar-refractivity contribution in [2.45, 2.75) is 38.6 Å². The van der Waals surface area contributed by atoms with Crippen molar-refractivity contribution < 1.29 is 4.79 Å². The van der Waals surface area contributed by atoms with Crippen LogP contribution in [0.4, 0.5) is 0 Å². The molecular weight excluding hydrogens is 294 g/mol. The van der Waals surface area contributed by atoms with E-state index in [0.29, 0.717) is 12.5 Å². The Morgan fingerprint density at radius 3 is 3.14 bits per heavy atom. The van der Waals surface area contributed by atoms with Gasteiger partial charge >= 0.3 is 0 Å². The van der Waals surface area contributed by atoms with E-state index in [-0.39, 0.29) is 5.91 Å². The molecule has 3 rings (SSSR count). The van der Waals surface area contributed by atoms with Crippen LogP contribution in [0.5, 0.6) is 0 Å². The van der Waals surface area contributed by atoms with Gasteiger partial charge in [0, 0.05) is 25.4 Å². The van der Waals surface area contributed by atoms with E-state index in [9.17, 15) is 4.79 Å². The minimum absolute atomic E-state index is 0.141. The summed E-state index contributed by atoms with van der Waals surface area (Å²) in [6, 6.07) is 8.65. The van der Waals surface area contributed by atoms with E-state index in [1.807, 2.05) is 18.2 Å². The Labute approximate surface area is 135 Å². The molecule has 2 heterocycles. The number of likely N-dealkylation sites (tertiary alicyclic amines) is 1. The summed E-state index contributed by atoms with van der Waals surface area (Å²) < 4.78 is 1.20. The number of nitrogens with zero attached hydrogens (tertiary/aromatic N) is 2. The second kappa shape index (κ2) is 7.20. The minimum Gasteiger partial charge on any atom is -0.355 e. The predicted molar refractivity (Wildman–Crippen MR) is 91.2 cm³/mol. The first-order chi connectivity index (χ1) is 10.8. The van der Waals surface area contributed by atoms with Crippen LogP contribution in [0.15, 0.2) is 24.3 Å². The highest BCUT2D eigenvalue weighted by molar-refractivity contribution is 7.18. The number of likely N-dealkylation sites (N-methyl/N-ethyl adjacent to an activating group) is 1. The van der Waals surface area contributed by atoms with Gasteiger partial charge in [-0.15, -0.1) is 11.3 Å². The molecule has 1 aromatic heterocycles. The van der Waals surface area contributed by atoms with Crippen molar-refractivity contribution >= 4 is 27.5 Å². The summed E-state index contributed by atoms with van der Waals surface area (Å²) in [5.74, 6) is 0.141. The number of benzene rings is 1. The molecule has 1 N–H and O–H groups in total. The molecule has 0 spiro atoms. The molecule has 1 unspecified atom stereocenters. The lowest BCUT2D eigenvalue weighted by molar-refractivity contribution is -0.121. The predicted octanol–water partition coefficient (Wildman–Crippen LogP) is 2.83. The lowest BCUT2D eigenvalue weighted by atomic mass is 10.2. The number of aromatic nitrogens is 1. The van der Waals surface area contributed by atoms with E-state index in [0.717, 1.165) is 30.0 Å². The van der Waals surface area contributed by atoms with Gasteiger partial charge < -0.3 is 5.32 Å². The monoisotopic (exact) mass is 317 g/mol. The van der Waals surface area contributed by atoms with Crippen LogP contribution in [0.3, 0.4) is 0 Å². The van der Waals surface area contributed by atoms with Crippen molar-refractivity contribution in [1.82, 2.24) is 15.2 Å². The number of carbonyl (C=O) groups is 1. The second-order valence-electron chi connectivity index (χ2n) is 5.80. The van der Waals surface area contributed by atoms with E-state index in [1.165, 1.54) is 24.1 Å².